The molecule has 3 aromatic carbocycles. The third-order valence-corrected chi connectivity index (χ3v) is 6.58. The van der Waals surface area contributed by atoms with E-state index in [4.69, 9.17) is 0 Å². The molecule has 5 heteroatoms. The van der Waals surface area contributed by atoms with Crippen molar-refractivity contribution in [2.75, 3.05) is 28.2 Å². The Morgan fingerprint density at radius 1 is 0.697 bits per heavy atom. The number of para-hydroxylation sites is 2. The Balaban J connectivity index is 1.24. The summed E-state index contributed by atoms with van der Waals surface area (Å²) in [6, 6.07) is 23.8. The van der Waals surface area contributed by atoms with Crippen molar-refractivity contribution in [1.82, 2.24) is 0 Å². The van der Waals surface area contributed by atoms with E-state index in [9.17, 15) is 9.59 Å². The highest BCUT2D eigenvalue weighted by molar-refractivity contribution is 6.02. The van der Waals surface area contributed by atoms with Crippen LogP contribution in [0, 0.1) is 0 Å². The third kappa shape index (κ3) is 4.63. The van der Waals surface area contributed by atoms with E-state index in [0.29, 0.717) is 13.0 Å². The molecule has 0 bridgehead atoms. The van der Waals surface area contributed by atoms with Gasteiger partial charge in [-0.2, -0.15) is 0 Å². The van der Waals surface area contributed by atoms with Crippen LogP contribution in [0.1, 0.15) is 36.0 Å². The molecule has 0 saturated heterocycles. The second kappa shape index (κ2) is 9.49. The van der Waals surface area contributed by atoms with Gasteiger partial charge in [0.1, 0.15) is 0 Å². The summed E-state index contributed by atoms with van der Waals surface area (Å²) in [5.74, 6) is 0.111. The van der Waals surface area contributed by atoms with Crippen LogP contribution in [0.3, 0.4) is 0 Å². The van der Waals surface area contributed by atoms with Crippen molar-refractivity contribution in [3.8, 4) is 0 Å². The van der Waals surface area contributed by atoms with E-state index in [0.717, 1.165) is 61.3 Å². The van der Waals surface area contributed by atoms with Gasteiger partial charge >= 0.3 is 6.03 Å². The summed E-state index contributed by atoms with van der Waals surface area (Å²) >= 11 is 0. The lowest BCUT2D eigenvalue weighted by molar-refractivity contribution is -0.118. The molecule has 0 unspecified atom stereocenters. The molecular weight excluding hydrogens is 410 g/mol. The number of nitrogens with zero attached hydrogens (tertiary/aromatic N) is 2. The predicted octanol–water partition coefficient (Wildman–Crippen LogP) is 5.58. The highest BCUT2D eigenvalue weighted by Crippen LogP contribution is 2.28. The van der Waals surface area contributed by atoms with Crippen LogP contribution in [0.15, 0.2) is 72.8 Å². The van der Waals surface area contributed by atoms with Crippen LogP contribution in [0.25, 0.3) is 0 Å². The normalized spacial score (nSPS) is 15.3. The number of carbonyl (C=O) groups excluding carboxylic acids is 2. The molecule has 0 spiro atoms. The van der Waals surface area contributed by atoms with Crippen molar-refractivity contribution in [3.05, 3.63) is 89.5 Å². The molecule has 0 atom stereocenters. The van der Waals surface area contributed by atoms with Gasteiger partial charge in [0.2, 0.25) is 5.91 Å². The van der Waals surface area contributed by atoms with Crippen molar-refractivity contribution in [1.29, 1.82) is 0 Å². The molecule has 33 heavy (non-hydrogen) atoms. The maximum Gasteiger partial charge on any atom is 0.326 e. The number of aryl methyl sites for hydroxylation is 2. The maximum atomic E-state index is 13.0. The predicted molar refractivity (Wildman–Crippen MR) is 133 cm³/mol. The highest BCUT2D eigenvalue weighted by Gasteiger charge is 2.23. The van der Waals surface area contributed by atoms with Crippen LogP contribution in [-0.2, 0) is 24.1 Å². The zero-order valence-electron chi connectivity index (χ0n) is 18.8. The molecule has 2 heterocycles. The fourth-order valence-electron chi connectivity index (χ4n) is 4.86. The highest BCUT2D eigenvalue weighted by atomic mass is 16.2. The summed E-state index contributed by atoms with van der Waals surface area (Å²) in [6.45, 7) is 1.48. The maximum absolute atomic E-state index is 13.0. The molecule has 0 radical (unpaired) electrons. The molecule has 1 N–H and O–H groups in total. The van der Waals surface area contributed by atoms with Gasteiger partial charge in [-0.05, 0) is 73.1 Å². The SMILES string of the molecule is O=C(Cc1ccc(NC(=O)N2CCCCc3ccccc32)cc1)N1CCCc2ccccc21. The molecule has 5 rings (SSSR count). The Bertz CT molecular complexity index is 1160. The van der Waals surface area contributed by atoms with Crippen molar-refractivity contribution >= 4 is 29.0 Å². The molecule has 5 nitrogen and oxygen atoms in total. The number of fused-ring (bicyclic) bond motifs is 2. The topological polar surface area (TPSA) is 52.7 Å². The van der Waals surface area contributed by atoms with Crippen molar-refractivity contribution < 1.29 is 9.59 Å². The second-order valence-corrected chi connectivity index (χ2v) is 8.82. The van der Waals surface area contributed by atoms with Gasteiger partial charge in [-0.3, -0.25) is 9.69 Å². The zero-order chi connectivity index (χ0) is 22.6. The van der Waals surface area contributed by atoms with Gasteiger partial charge in [0.05, 0.1) is 6.42 Å². The van der Waals surface area contributed by atoms with E-state index in [1.165, 1.54) is 11.1 Å². The minimum Gasteiger partial charge on any atom is -0.312 e. The smallest absolute Gasteiger partial charge is 0.312 e. The van der Waals surface area contributed by atoms with E-state index >= 15 is 0 Å². The third-order valence-electron chi connectivity index (χ3n) is 6.58. The Hall–Kier alpha value is -3.60. The summed E-state index contributed by atoms with van der Waals surface area (Å²) in [4.78, 5) is 29.8. The first-order chi connectivity index (χ1) is 16.2. The molecule has 168 valence electrons. The number of carbonyl (C=O) groups is 2. The van der Waals surface area contributed by atoms with Gasteiger partial charge in [-0.15, -0.1) is 0 Å². The van der Waals surface area contributed by atoms with Crippen molar-refractivity contribution in [2.24, 2.45) is 0 Å². The standard InChI is InChI=1S/C28H29N3O2/c32-27(30-19-7-11-23-9-1-3-12-25(23)30)20-21-14-16-24(17-15-21)29-28(33)31-18-6-5-10-22-8-2-4-13-26(22)31/h1-4,8-9,12-17H,5-7,10-11,18-20H2,(H,29,33). The first kappa shape index (κ1) is 21.3. The van der Waals surface area contributed by atoms with Gasteiger partial charge in [0.15, 0.2) is 0 Å². The molecular formula is C28H29N3O2. The monoisotopic (exact) mass is 439 g/mol. The van der Waals surface area contributed by atoms with E-state index in [1.807, 2.05) is 70.5 Å². The fraction of sp³-hybridized carbons (Fsp3) is 0.286. The molecule has 0 aliphatic carbocycles. The van der Waals surface area contributed by atoms with Gasteiger partial charge < -0.3 is 10.2 Å². The molecule has 3 aromatic rings. The largest absolute Gasteiger partial charge is 0.326 e. The molecule has 2 aliphatic rings. The van der Waals surface area contributed by atoms with Gasteiger partial charge in [-0.25, -0.2) is 4.79 Å². The summed E-state index contributed by atoms with van der Waals surface area (Å²) in [5, 5.41) is 3.03. The van der Waals surface area contributed by atoms with Crippen molar-refractivity contribution in [2.45, 2.75) is 38.5 Å². The molecule has 2 aliphatic heterocycles. The summed E-state index contributed by atoms with van der Waals surface area (Å²) < 4.78 is 0. The lowest BCUT2D eigenvalue weighted by atomic mass is 10.0. The average molecular weight is 440 g/mol. The Kier molecular flexibility index (Phi) is 6.11. The number of benzene rings is 3. The first-order valence-electron chi connectivity index (χ1n) is 11.8. The molecule has 3 amide bonds. The summed E-state index contributed by atoms with van der Waals surface area (Å²) in [6.07, 6.45) is 5.45. The lowest BCUT2D eigenvalue weighted by Crippen LogP contribution is -2.36. The Morgan fingerprint density at radius 2 is 1.30 bits per heavy atom. The van der Waals surface area contributed by atoms with E-state index in [2.05, 4.69) is 17.4 Å². The Labute approximate surface area is 195 Å². The van der Waals surface area contributed by atoms with Crippen LogP contribution in [-0.4, -0.2) is 25.0 Å². The van der Waals surface area contributed by atoms with E-state index in [1.54, 1.807) is 0 Å². The summed E-state index contributed by atoms with van der Waals surface area (Å²) in [5.41, 5.74) is 6.18. The fourth-order valence-corrected chi connectivity index (χ4v) is 4.86. The number of urea groups is 1. The van der Waals surface area contributed by atoms with Gasteiger partial charge in [0, 0.05) is 30.2 Å². The van der Waals surface area contributed by atoms with Crippen molar-refractivity contribution in [3.63, 3.8) is 0 Å². The summed E-state index contributed by atoms with van der Waals surface area (Å²) in [7, 11) is 0. The van der Waals surface area contributed by atoms with Crippen LogP contribution in [0.4, 0.5) is 21.9 Å². The van der Waals surface area contributed by atoms with Crippen LogP contribution in [0.5, 0.6) is 0 Å². The molecule has 0 fully saturated rings. The number of nitrogens with one attached hydrogen (secondary N) is 1. The lowest BCUT2D eigenvalue weighted by Gasteiger charge is -2.29. The first-order valence-corrected chi connectivity index (χ1v) is 11.8. The zero-order valence-corrected chi connectivity index (χ0v) is 18.8. The minimum atomic E-state index is -0.113. The van der Waals surface area contributed by atoms with Gasteiger partial charge in [0.25, 0.3) is 0 Å². The second-order valence-electron chi connectivity index (χ2n) is 8.82. The molecule has 0 aromatic heterocycles. The van der Waals surface area contributed by atoms with Gasteiger partial charge in [-0.1, -0.05) is 48.5 Å². The average Bonchev–Trinajstić information content (AvgIpc) is 3.07. The van der Waals surface area contributed by atoms with E-state index in [-0.39, 0.29) is 11.9 Å². The number of hydrogen-bond acceptors (Lipinski definition) is 2. The Morgan fingerprint density at radius 3 is 2.03 bits per heavy atom. The molecule has 0 saturated carbocycles. The van der Waals surface area contributed by atoms with Crippen LogP contribution in [0.2, 0.25) is 0 Å². The number of amides is 3. The quantitative estimate of drug-likeness (QED) is 0.579. The number of hydrogen-bond donors (Lipinski definition) is 1. The van der Waals surface area contributed by atoms with E-state index < -0.39 is 0 Å². The minimum absolute atomic E-state index is 0.111. The number of rotatable bonds is 3. The number of anilines is 3. The van der Waals surface area contributed by atoms with Crippen LogP contribution < -0.4 is 15.1 Å². The van der Waals surface area contributed by atoms with Crippen LogP contribution >= 0.6 is 0 Å².